The van der Waals surface area contributed by atoms with Crippen LogP contribution in [0.15, 0.2) is 16.0 Å². The van der Waals surface area contributed by atoms with Gasteiger partial charge in [-0.2, -0.15) is 10.1 Å². The van der Waals surface area contributed by atoms with Crippen molar-refractivity contribution in [2.75, 3.05) is 5.43 Å². The summed E-state index contributed by atoms with van der Waals surface area (Å²) in [5.74, 6) is 0.704. The van der Waals surface area contributed by atoms with Gasteiger partial charge in [0.25, 0.3) is 0 Å². The van der Waals surface area contributed by atoms with Crippen molar-refractivity contribution in [1.82, 2.24) is 9.55 Å². The Morgan fingerprint density at radius 1 is 1.67 bits per heavy atom. The van der Waals surface area contributed by atoms with Crippen molar-refractivity contribution < 1.29 is 0 Å². The first-order valence-corrected chi connectivity index (χ1v) is 3.63. The standard InChI is InChI=1S/C7H8N4O/c1-5-4-6-10-8-2-3-11(6)7(12)9-5/h2,4,10H,3H2,1H3. The van der Waals surface area contributed by atoms with E-state index in [4.69, 9.17) is 0 Å². The number of hydrazone groups is 1. The van der Waals surface area contributed by atoms with Crippen LogP contribution in [0.4, 0.5) is 5.82 Å². The summed E-state index contributed by atoms with van der Waals surface area (Å²) < 4.78 is 1.53. The lowest BCUT2D eigenvalue weighted by atomic mass is 10.4. The molecule has 0 aromatic carbocycles. The first-order valence-electron chi connectivity index (χ1n) is 3.63. The van der Waals surface area contributed by atoms with E-state index in [2.05, 4.69) is 15.5 Å². The van der Waals surface area contributed by atoms with Crippen LogP contribution in [0, 0.1) is 6.92 Å². The van der Waals surface area contributed by atoms with Gasteiger partial charge in [-0.25, -0.2) is 4.79 Å². The van der Waals surface area contributed by atoms with E-state index < -0.39 is 0 Å². The highest BCUT2D eigenvalue weighted by Gasteiger charge is 2.06. The molecule has 1 aromatic heterocycles. The molecule has 5 nitrogen and oxygen atoms in total. The lowest BCUT2D eigenvalue weighted by Gasteiger charge is -2.13. The van der Waals surface area contributed by atoms with Crippen molar-refractivity contribution in [3.63, 3.8) is 0 Å². The summed E-state index contributed by atoms with van der Waals surface area (Å²) in [5.41, 5.74) is 3.21. The molecule has 0 aliphatic carbocycles. The topological polar surface area (TPSA) is 59.3 Å². The number of nitrogens with one attached hydrogen (secondary N) is 1. The van der Waals surface area contributed by atoms with Gasteiger partial charge in [-0.15, -0.1) is 0 Å². The summed E-state index contributed by atoms with van der Waals surface area (Å²) in [6, 6.07) is 1.79. The molecule has 2 rings (SSSR count). The zero-order valence-corrected chi connectivity index (χ0v) is 6.61. The Hall–Kier alpha value is -1.65. The Morgan fingerprint density at radius 3 is 3.33 bits per heavy atom. The Balaban J connectivity index is 2.65. The third kappa shape index (κ3) is 0.990. The first-order chi connectivity index (χ1) is 5.77. The molecule has 5 heteroatoms. The van der Waals surface area contributed by atoms with Gasteiger partial charge >= 0.3 is 5.69 Å². The Labute approximate surface area is 68.7 Å². The zero-order valence-electron chi connectivity index (χ0n) is 6.61. The molecule has 0 fully saturated rings. The fourth-order valence-corrected chi connectivity index (χ4v) is 1.13. The van der Waals surface area contributed by atoms with Crippen LogP contribution >= 0.6 is 0 Å². The number of rotatable bonds is 0. The second-order valence-corrected chi connectivity index (χ2v) is 2.60. The molecule has 0 saturated carbocycles. The van der Waals surface area contributed by atoms with E-state index in [-0.39, 0.29) is 5.69 Å². The third-order valence-electron chi connectivity index (χ3n) is 1.67. The molecular weight excluding hydrogens is 156 g/mol. The van der Waals surface area contributed by atoms with Crippen LogP contribution in [0.3, 0.4) is 0 Å². The Bertz CT molecular complexity index is 393. The highest BCUT2D eigenvalue weighted by Crippen LogP contribution is 2.07. The summed E-state index contributed by atoms with van der Waals surface area (Å²) in [4.78, 5) is 15.0. The van der Waals surface area contributed by atoms with Crippen LogP contribution in [0.5, 0.6) is 0 Å². The molecule has 0 radical (unpaired) electrons. The van der Waals surface area contributed by atoms with Crippen molar-refractivity contribution in [2.45, 2.75) is 13.5 Å². The lowest BCUT2D eigenvalue weighted by molar-refractivity contribution is 0.755. The minimum atomic E-state index is -0.233. The van der Waals surface area contributed by atoms with Gasteiger partial charge in [0.2, 0.25) is 0 Å². The van der Waals surface area contributed by atoms with Crippen molar-refractivity contribution in [3.8, 4) is 0 Å². The van der Waals surface area contributed by atoms with Gasteiger partial charge in [0.1, 0.15) is 5.82 Å². The minimum absolute atomic E-state index is 0.233. The predicted molar refractivity (Wildman–Crippen MR) is 45.3 cm³/mol. The van der Waals surface area contributed by atoms with Crippen molar-refractivity contribution >= 4 is 12.0 Å². The van der Waals surface area contributed by atoms with E-state index in [1.165, 1.54) is 4.57 Å². The van der Waals surface area contributed by atoms with Gasteiger partial charge in [0, 0.05) is 18.0 Å². The van der Waals surface area contributed by atoms with Crippen molar-refractivity contribution in [3.05, 3.63) is 22.2 Å². The number of fused-ring (bicyclic) bond motifs is 1. The van der Waals surface area contributed by atoms with Gasteiger partial charge in [-0.05, 0) is 6.92 Å². The maximum atomic E-state index is 11.2. The molecule has 0 atom stereocenters. The minimum Gasteiger partial charge on any atom is -0.271 e. The maximum absolute atomic E-state index is 11.2. The lowest BCUT2D eigenvalue weighted by Crippen LogP contribution is -2.28. The van der Waals surface area contributed by atoms with E-state index in [0.29, 0.717) is 18.1 Å². The largest absolute Gasteiger partial charge is 0.349 e. The highest BCUT2D eigenvalue weighted by atomic mass is 16.1. The number of anilines is 1. The normalized spacial score (nSPS) is 13.8. The fourth-order valence-electron chi connectivity index (χ4n) is 1.13. The van der Waals surface area contributed by atoms with E-state index >= 15 is 0 Å². The zero-order chi connectivity index (χ0) is 8.55. The van der Waals surface area contributed by atoms with Gasteiger partial charge in [-0.1, -0.05) is 0 Å². The number of aryl methyl sites for hydroxylation is 1. The summed E-state index contributed by atoms with van der Waals surface area (Å²) in [6.07, 6.45) is 1.63. The van der Waals surface area contributed by atoms with Crippen LogP contribution in [-0.4, -0.2) is 15.8 Å². The molecule has 0 amide bonds. The average Bonchev–Trinajstić information content (AvgIpc) is 2.04. The van der Waals surface area contributed by atoms with Crippen LogP contribution in [0.2, 0.25) is 0 Å². The molecular formula is C7H8N4O. The maximum Gasteiger partial charge on any atom is 0.349 e. The molecule has 62 valence electrons. The van der Waals surface area contributed by atoms with E-state index in [1.54, 1.807) is 19.2 Å². The van der Waals surface area contributed by atoms with Gasteiger partial charge < -0.3 is 0 Å². The van der Waals surface area contributed by atoms with Crippen LogP contribution in [-0.2, 0) is 6.54 Å². The number of hydrogen-bond donors (Lipinski definition) is 1. The molecule has 1 N–H and O–H groups in total. The Morgan fingerprint density at radius 2 is 2.50 bits per heavy atom. The molecule has 0 spiro atoms. The average molecular weight is 164 g/mol. The van der Waals surface area contributed by atoms with Crippen molar-refractivity contribution in [2.24, 2.45) is 5.10 Å². The second kappa shape index (κ2) is 2.44. The molecule has 1 aliphatic rings. The molecule has 0 unspecified atom stereocenters. The van der Waals surface area contributed by atoms with E-state index in [9.17, 15) is 4.79 Å². The monoisotopic (exact) mass is 164 g/mol. The van der Waals surface area contributed by atoms with Gasteiger partial charge in [0.15, 0.2) is 0 Å². The summed E-state index contributed by atoms with van der Waals surface area (Å²) in [6.45, 7) is 2.27. The fraction of sp³-hybridized carbons (Fsp3) is 0.286. The van der Waals surface area contributed by atoms with E-state index in [0.717, 1.165) is 0 Å². The summed E-state index contributed by atoms with van der Waals surface area (Å²) in [5, 5.41) is 3.84. The first kappa shape index (κ1) is 7.02. The van der Waals surface area contributed by atoms with Crippen LogP contribution in [0.25, 0.3) is 0 Å². The molecule has 1 aromatic rings. The summed E-state index contributed by atoms with van der Waals surface area (Å²) >= 11 is 0. The highest BCUT2D eigenvalue weighted by molar-refractivity contribution is 5.62. The summed E-state index contributed by atoms with van der Waals surface area (Å²) in [7, 11) is 0. The molecule has 12 heavy (non-hydrogen) atoms. The SMILES string of the molecule is Cc1cc2n(c(=O)n1)CC=NN2. The molecule has 0 saturated heterocycles. The van der Waals surface area contributed by atoms with Crippen LogP contribution in [0.1, 0.15) is 5.69 Å². The molecule has 1 aliphatic heterocycles. The molecule has 2 heterocycles. The van der Waals surface area contributed by atoms with Crippen molar-refractivity contribution in [1.29, 1.82) is 0 Å². The number of nitrogens with zero attached hydrogens (tertiary/aromatic N) is 3. The molecule has 0 bridgehead atoms. The number of hydrogen-bond acceptors (Lipinski definition) is 4. The Kier molecular flexibility index (Phi) is 1.43. The second-order valence-electron chi connectivity index (χ2n) is 2.60. The van der Waals surface area contributed by atoms with Crippen LogP contribution < -0.4 is 11.1 Å². The van der Waals surface area contributed by atoms with Gasteiger partial charge in [-0.3, -0.25) is 9.99 Å². The predicted octanol–water partition coefficient (Wildman–Crippen LogP) is -0.0370. The van der Waals surface area contributed by atoms with Gasteiger partial charge in [0.05, 0.1) is 6.54 Å². The van der Waals surface area contributed by atoms with E-state index in [1.807, 2.05) is 0 Å². The third-order valence-corrected chi connectivity index (χ3v) is 1.67. The quantitative estimate of drug-likeness (QED) is 0.585. The smallest absolute Gasteiger partial charge is 0.271 e. The number of aromatic nitrogens is 2.